The second-order valence-corrected chi connectivity index (χ2v) is 6.34. The first-order valence-corrected chi connectivity index (χ1v) is 7.80. The zero-order chi connectivity index (χ0) is 15.0. The van der Waals surface area contributed by atoms with Gasteiger partial charge < -0.3 is 15.9 Å². The summed E-state index contributed by atoms with van der Waals surface area (Å²) in [5, 5.41) is 7.44. The van der Waals surface area contributed by atoms with Crippen molar-refractivity contribution in [1.82, 2.24) is 0 Å². The van der Waals surface area contributed by atoms with Crippen molar-refractivity contribution in [2.24, 2.45) is 16.8 Å². The number of anilines is 1. The monoisotopic (exact) mass is 307 g/mol. The predicted molar refractivity (Wildman–Crippen MR) is 80.7 cm³/mol. The Kier molecular flexibility index (Phi) is 3.67. The van der Waals surface area contributed by atoms with E-state index in [4.69, 9.17) is 10.6 Å². The number of carbonyl (C=O) groups is 2. The van der Waals surface area contributed by atoms with Gasteiger partial charge >= 0.3 is 0 Å². The van der Waals surface area contributed by atoms with E-state index in [1.165, 1.54) is 18.4 Å². The standard InChI is InChI=1S/C14H17N3O3S/c1-20-17-9-4-2-3-8-10(12(15)18)14(21-11(8)9)16-13(19)7-5-6-7/h7H,2-6H2,1H3,(H2,15,18)(H,16,19). The van der Waals surface area contributed by atoms with E-state index in [1.807, 2.05) is 0 Å². The highest BCUT2D eigenvalue weighted by Crippen LogP contribution is 2.39. The average molecular weight is 307 g/mol. The van der Waals surface area contributed by atoms with Gasteiger partial charge in [-0.05, 0) is 37.7 Å². The third kappa shape index (κ3) is 2.65. The Labute approximate surface area is 126 Å². The van der Waals surface area contributed by atoms with Gasteiger partial charge in [0.25, 0.3) is 5.91 Å². The Morgan fingerprint density at radius 2 is 2.14 bits per heavy atom. The van der Waals surface area contributed by atoms with E-state index in [0.717, 1.165) is 48.3 Å². The Morgan fingerprint density at radius 1 is 1.38 bits per heavy atom. The molecule has 1 aromatic rings. The number of rotatable bonds is 4. The van der Waals surface area contributed by atoms with Crippen LogP contribution in [0.25, 0.3) is 0 Å². The molecule has 7 heteroatoms. The summed E-state index contributed by atoms with van der Waals surface area (Å²) < 4.78 is 0. The normalized spacial score (nSPS) is 19.2. The molecule has 0 aliphatic heterocycles. The van der Waals surface area contributed by atoms with Crippen LogP contribution in [0.2, 0.25) is 0 Å². The van der Waals surface area contributed by atoms with Gasteiger partial charge in [-0.3, -0.25) is 9.59 Å². The van der Waals surface area contributed by atoms with Crippen LogP contribution in [0, 0.1) is 5.92 Å². The van der Waals surface area contributed by atoms with Crippen LogP contribution in [-0.2, 0) is 16.1 Å². The van der Waals surface area contributed by atoms with Crippen LogP contribution in [-0.4, -0.2) is 24.6 Å². The molecule has 1 aromatic heterocycles. The van der Waals surface area contributed by atoms with E-state index in [9.17, 15) is 9.59 Å². The lowest BCUT2D eigenvalue weighted by Gasteiger charge is -2.13. The van der Waals surface area contributed by atoms with Crippen molar-refractivity contribution in [2.45, 2.75) is 32.1 Å². The van der Waals surface area contributed by atoms with Crippen LogP contribution in [0.4, 0.5) is 5.00 Å². The first-order chi connectivity index (χ1) is 10.1. The maximum atomic E-state index is 12.0. The number of thiophene rings is 1. The van der Waals surface area contributed by atoms with Crippen LogP contribution in [0.3, 0.4) is 0 Å². The molecular formula is C14H17N3O3S. The summed E-state index contributed by atoms with van der Waals surface area (Å²) in [5.41, 5.74) is 7.66. The summed E-state index contributed by atoms with van der Waals surface area (Å²) in [6, 6.07) is 0. The topological polar surface area (TPSA) is 93.8 Å². The number of hydrogen-bond acceptors (Lipinski definition) is 5. The maximum Gasteiger partial charge on any atom is 0.252 e. The summed E-state index contributed by atoms with van der Waals surface area (Å²) >= 11 is 1.37. The third-order valence-corrected chi connectivity index (χ3v) is 4.94. The molecule has 112 valence electrons. The zero-order valence-corrected chi connectivity index (χ0v) is 12.6. The Hall–Kier alpha value is -1.89. The number of nitrogens with two attached hydrogens (primary N) is 1. The van der Waals surface area contributed by atoms with Gasteiger partial charge in [0.1, 0.15) is 12.1 Å². The number of fused-ring (bicyclic) bond motifs is 1. The summed E-state index contributed by atoms with van der Waals surface area (Å²) in [7, 11) is 1.50. The first kappa shape index (κ1) is 14.1. The highest BCUT2D eigenvalue weighted by molar-refractivity contribution is 7.19. The van der Waals surface area contributed by atoms with Gasteiger partial charge in [-0.15, -0.1) is 11.3 Å². The fourth-order valence-corrected chi connectivity index (χ4v) is 3.85. The van der Waals surface area contributed by atoms with Crippen molar-refractivity contribution >= 4 is 33.9 Å². The first-order valence-electron chi connectivity index (χ1n) is 6.98. The molecule has 2 amide bonds. The van der Waals surface area contributed by atoms with Crippen LogP contribution in [0.1, 0.15) is 46.5 Å². The van der Waals surface area contributed by atoms with Gasteiger partial charge in [0.15, 0.2) is 0 Å². The molecular weight excluding hydrogens is 290 g/mol. The van der Waals surface area contributed by atoms with Crippen LogP contribution in [0.5, 0.6) is 0 Å². The van der Waals surface area contributed by atoms with Gasteiger partial charge in [-0.25, -0.2) is 0 Å². The van der Waals surface area contributed by atoms with Crippen molar-refractivity contribution in [1.29, 1.82) is 0 Å². The lowest BCUT2D eigenvalue weighted by atomic mass is 9.94. The van der Waals surface area contributed by atoms with Crippen molar-refractivity contribution in [3.63, 3.8) is 0 Å². The number of oxime groups is 1. The number of primary amides is 1. The number of carbonyl (C=O) groups excluding carboxylic acids is 2. The van der Waals surface area contributed by atoms with E-state index in [2.05, 4.69) is 10.5 Å². The summed E-state index contributed by atoms with van der Waals surface area (Å²) in [6.45, 7) is 0. The minimum absolute atomic E-state index is 0.0265. The molecule has 6 nitrogen and oxygen atoms in total. The largest absolute Gasteiger partial charge is 0.399 e. The van der Waals surface area contributed by atoms with E-state index < -0.39 is 5.91 Å². The molecule has 0 aromatic carbocycles. The molecule has 0 saturated heterocycles. The average Bonchev–Trinajstić information content (AvgIpc) is 3.21. The molecule has 0 unspecified atom stereocenters. The number of amides is 2. The Morgan fingerprint density at radius 3 is 2.76 bits per heavy atom. The van der Waals surface area contributed by atoms with Crippen LogP contribution in [0.15, 0.2) is 5.16 Å². The summed E-state index contributed by atoms with van der Waals surface area (Å²) in [6.07, 6.45) is 4.29. The van der Waals surface area contributed by atoms with Crippen molar-refractivity contribution in [2.75, 3.05) is 12.4 Å². The SMILES string of the molecule is CON=C1CCCc2c1sc(NC(=O)C1CC1)c2C(N)=O. The molecule has 0 bridgehead atoms. The minimum Gasteiger partial charge on any atom is -0.399 e. The third-order valence-electron chi connectivity index (χ3n) is 3.74. The highest BCUT2D eigenvalue weighted by atomic mass is 32.1. The van der Waals surface area contributed by atoms with E-state index in [0.29, 0.717) is 10.6 Å². The highest BCUT2D eigenvalue weighted by Gasteiger charge is 2.33. The molecule has 2 aliphatic carbocycles. The molecule has 0 spiro atoms. The lowest BCUT2D eigenvalue weighted by Crippen LogP contribution is -2.19. The van der Waals surface area contributed by atoms with Crippen LogP contribution >= 0.6 is 11.3 Å². The second kappa shape index (κ2) is 5.48. The van der Waals surface area contributed by atoms with Gasteiger partial charge in [0, 0.05) is 5.92 Å². The number of hydrogen-bond donors (Lipinski definition) is 2. The summed E-state index contributed by atoms with van der Waals surface area (Å²) in [4.78, 5) is 29.5. The van der Waals surface area contributed by atoms with Gasteiger partial charge in [-0.2, -0.15) is 0 Å². The van der Waals surface area contributed by atoms with Gasteiger partial charge in [0.05, 0.1) is 16.2 Å². The maximum absolute atomic E-state index is 12.0. The molecule has 1 fully saturated rings. The fraction of sp³-hybridized carbons (Fsp3) is 0.500. The van der Waals surface area contributed by atoms with Gasteiger partial charge in [-0.1, -0.05) is 5.16 Å². The Balaban J connectivity index is 2.01. The molecule has 21 heavy (non-hydrogen) atoms. The molecule has 2 aliphatic rings. The minimum atomic E-state index is -0.503. The van der Waals surface area contributed by atoms with Crippen LogP contribution < -0.4 is 11.1 Å². The van der Waals surface area contributed by atoms with Crippen molar-refractivity contribution < 1.29 is 14.4 Å². The second-order valence-electron chi connectivity index (χ2n) is 5.32. The fourth-order valence-electron chi connectivity index (χ4n) is 2.59. The molecule has 1 heterocycles. The molecule has 0 radical (unpaired) electrons. The quantitative estimate of drug-likeness (QED) is 0.832. The molecule has 3 N–H and O–H groups in total. The van der Waals surface area contributed by atoms with Gasteiger partial charge in [0.2, 0.25) is 5.91 Å². The summed E-state index contributed by atoms with van der Waals surface area (Å²) in [5.74, 6) is -0.449. The lowest BCUT2D eigenvalue weighted by molar-refractivity contribution is -0.117. The van der Waals surface area contributed by atoms with Crippen molar-refractivity contribution in [3.05, 3.63) is 16.0 Å². The van der Waals surface area contributed by atoms with E-state index in [-0.39, 0.29) is 11.8 Å². The van der Waals surface area contributed by atoms with Crippen molar-refractivity contribution in [3.8, 4) is 0 Å². The zero-order valence-electron chi connectivity index (χ0n) is 11.8. The Bertz CT molecular complexity index is 632. The predicted octanol–water partition coefficient (Wildman–Crippen LogP) is 1.88. The molecule has 1 saturated carbocycles. The smallest absolute Gasteiger partial charge is 0.252 e. The van der Waals surface area contributed by atoms with E-state index in [1.54, 1.807) is 0 Å². The number of nitrogens with one attached hydrogen (secondary N) is 1. The molecule has 0 atom stereocenters. The molecule has 3 rings (SSSR count). The van der Waals surface area contributed by atoms with E-state index >= 15 is 0 Å². The number of nitrogens with zero attached hydrogens (tertiary/aromatic N) is 1.